The highest BCUT2D eigenvalue weighted by atomic mass is 127. The molecule has 0 aliphatic heterocycles. The second-order valence-electron chi connectivity index (χ2n) is 6.30. The zero-order valence-corrected chi connectivity index (χ0v) is 18.4. The van der Waals surface area contributed by atoms with Gasteiger partial charge in [-0.25, -0.2) is 0 Å². The number of H-pyrrole nitrogens is 1. The molecule has 0 aliphatic rings. The van der Waals surface area contributed by atoms with Gasteiger partial charge in [0, 0.05) is 37.2 Å². The molecular weight excluding hydrogens is 455 g/mol. The molecular formula is C20H27IN4S. The third-order valence-corrected chi connectivity index (χ3v) is 5.20. The molecule has 6 heteroatoms. The highest BCUT2D eigenvalue weighted by molar-refractivity contribution is 14.0. The van der Waals surface area contributed by atoms with Gasteiger partial charge in [-0.2, -0.15) is 11.3 Å². The second-order valence-corrected chi connectivity index (χ2v) is 7.08. The fourth-order valence-corrected chi connectivity index (χ4v) is 3.75. The van der Waals surface area contributed by atoms with Crippen molar-refractivity contribution in [3.05, 3.63) is 58.4 Å². The highest BCUT2D eigenvalue weighted by Crippen LogP contribution is 2.19. The van der Waals surface area contributed by atoms with Gasteiger partial charge in [-0.05, 0) is 52.8 Å². The molecule has 1 unspecified atom stereocenters. The Labute approximate surface area is 176 Å². The molecule has 0 amide bonds. The van der Waals surface area contributed by atoms with Crippen LogP contribution >= 0.6 is 35.3 Å². The lowest BCUT2D eigenvalue weighted by atomic mass is 10.1. The van der Waals surface area contributed by atoms with E-state index in [1.165, 1.54) is 22.0 Å². The zero-order chi connectivity index (χ0) is 17.5. The van der Waals surface area contributed by atoms with E-state index in [2.05, 4.69) is 74.8 Å². The Kier molecular flexibility index (Phi) is 8.44. The van der Waals surface area contributed by atoms with E-state index in [1.807, 2.05) is 7.05 Å². The Hall–Kier alpha value is -1.54. The zero-order valence-electron chi connectivity index (χ0n) is 15.3. The smallest absolute Gasteiger partial charge is 0.190 e. The van der Waals surface area contributed by atoms with Crippen LogP contribution in [0.4, 0.5) is 0 Å². The Balaban J connectivity index is 0.00000243. The number of benzene rings is 1. The van der Waals surface area contributed by atoms with E-state index in [0.717, 1.165) is 31.9 Å². The van der Waals surface area contributed by atoms with E-state index in [-0.39, 0.29) is 24.0 Å². The number of rotatable bonds is 7. The lowest BCUT2D eigenvalue weighted by Crippen LogP contribution is -2.39. The van der Waals surface area contributed by atoms with Crippen molar-refractivity contribution in [2.75, 3.05) is 20.1 Å². The van der Waals surface area contributed by atoms with Crippen molar-refractivity contribution in [1.29, 1.82) is 0 Å². The summed E-state index contributed by atoms with van der Waals surface area (Å²) in [6, 6.07) is 10.7. The van der Waals surface area contributed by atoms with Gasteiger partial charge in [0.2, 0.25) is 0 Å². The van der Waals surface area contributed by atoms with Crippen molar-refractivity contribution >= 4 is 52.2 Å². The van der Waals surface area contributed by atoms with Gasteiger partial charge in [-0.1, -0.05) is 25.1 Å². The Bertz CT molecular complexity index is 810. The molecule has 3 N–H and O–H groups in total. The number of aryl methyl sites for hydroxylation is 1. The van der Waals surface area contributed by atoms with Gasteiger partial charge >= 0.3 is 0 Å². The summed E-state index contributed by atoms with van der Waals surface area (Å²) in [4.78, 5) is 7.66. The fraction of sp³-hybridized carbons (Fsp3) is 0.350. The standard InChI is InChI=1S/C20H26N4S.HI/c1-15(17-9-11-25-14-17)12-24-20(21-2)22-10-5-6-16-13-23-19-8-4-3-7-18(16)19;/h3-4,7-9,11,13-15,23H,5-6,10,12H2,1-2H3,(H2,21,22,24);1H. The van der Waals surface area contributed by atoms with Gasteiger partial charge in [0.25, 0.3) is 0 Å². The van der Waals surface area contributed by atoms with Crippen LogP contribution in [0.25, 0.3) is 10.9 Å². The monoisotopic (exact) mass is 482 g/mol. The largest absolute Gasteiger partial charge is 0.361 e. The maximum atomic E-state index is 4.32. The summed E-state index contributed by atoms with van der Waals surface area (Å²) in [7, 11) is 1.82. The second kappa shape index (κ2) is 10.6. The van der Waals surface area contributed by atoms with Gasteiger partial charge in [-0.15, -0.1) is 24.0 Å². The molecule has 0 fully saturated rings. The summed E-state index contributed by atoms with van der Waals surface area (Å²) in [6.07, 6.45) is 4.25. The fourth-order valence-electron chi connectivity index (χ4n) is 2.97. The molecule has 2 aromatic heterocycles. The highest BCUT2D eigenvalue weighted by Gasteiger charge is 2.07. The number of aliphatic imine (C=N–C) groups is 1. The quantitative estimate of drug-likeness (QED) is 0.197. The van der Waals surface area contributed by atoms with Crippen LogP contribution in [0.15, 0.2) is 52.3 Å². The molecule has 2 heterocycles. The number of aromatic nitrogens is 1. The van der Waals surface area contributed by atoms with Crippen LogP contribution in [0.3, 0.4) is 0 Å². The van der Waals surface area contributed by atoms with Crippen LogP contribution in [0.5, 0.6) is 0 Å². The molecule has 0 spiro atoms. The Morgan fingerprint density at radius 2 is 2.08 bits per heavy atom. The van der Waals surface area contributed by atoms with E-state index < -0.39 is 0 Å². The van der Waals surface area contributed by atoms with Crippen LogP contribution in [0, 0.1) is 0 Å². The molecule has 0 saturated carbocycles. The first-order valence-corrected chi connectivity index (χ1v) is 9.74. The predicted molar refractivity (Wildman–Crippen MR) is 124 cm³/mol. The molecule has 0 aliphatic carbocycles. The van der Waals surface area contributed by atoms with Crippen molar-refractivity contribution < 1.29 is 0 Å². The number of para-hydroxylation sites is 1. The number of thiophene rings is 1. The van der Waals surface area contributed by atoms with E-state index in [0.29, 0.717) is 5.92 Å². The van der Waals surface area contributed by atoms with Crippen molar-refractivity contribution in [3.8, 4) is 0 Å². The maximum absolute atomic E-state index is 4.32. The number of guanidine groups is 1. The van der Waals surface area contributed by atoms with Gasteiger partial charge < -0.3 is 15.6 Å². The minimum atomic E-state index is 0. The summed E-state index contributed by atoms with van der Waals surface area (Å²) in [6.45, 7) is 4.03. The number of nitrogens with zero attached hydrogens (tertiary/aromatic N) is 1. The summed E-state index contributed by atoms with van der Waals surface area (Å²) in [5, 5.41) is 12.5. The topological polar surface area (TPSA) is 52.2 Å². The first-order chi connectivity index (χ1) is 12.3. The summed E-state index contributed by atoms with van der Waals surface area (Å²) in [5.74, 6) is 1.36. The third-order valence-electron chi connectivity index (χ3n) is 4.50. The number of nitrogens with one attached hydrogen (secondary N) is 3. The summed E-state index contributed by atoms with van der Waals surface area (Å²) >= 11 is 1.75. The Morgan fingerprint density at radius 3 is 2.85 bits per heavy atom. The molecule has 1 aromatic carbocycles. The Morgan fingerprint density at radius 1 is 1.23 bits per heavy atom. The average Bonchev–Trinajstić information content (AvgIpc) is 3.31. The van der Waals surface area contributed by atoms with E-state index in [1.54, 1.807) is 11.3 Å². The number of fused-ring (bicyclic) bond motifs is 1. The molecule has 0 radical (unpaired) electrons. The lowest BCUT2D eigenvalue weighted by molar-refractivity contribution is 0.690. The van der Waals surface area contributed by atoms with Crippen LogP contribution in [-0.4, -0.2) is 31.1 Å². The average molecular weight is 482 g/mol. The van der Waals surface area contributed by atoms with Gasteiger partial charge in [0.15, 0.2) is 5.96 Å². The SMILES string of the molecule is CN=C(NCCCc1c[nH]c2ccccc12)NCC(C)c1ccsc1.I. The molecule has 0 bridgehead atoms. The summed E-state index contributed by atoms with van der Waals surface area (Å²) in [5.41, 5.74) is 3.98. The third kappa shape index (κ3) is 5.48. The number of aromatic amines is 1. The van der Waals surface area contributed by atoms with Crippen molar-refractivity contribution in [2.45, 2.75) is 25.7 Å². The van der Waals surface area contributed by atoms with Crippen LogP contribution < -0.4 is 10.6 Å². The van der Waals surface area contributed by atoms with Gasteiger partial charge in [0.05, 0.1) is 0 Å². The number of hydrogen-bond donors (Lipinski definition) is 3. The summed E-state index contributed by atoms with van der Waals surface area (Å²) < 4.78 is 0. The first-order valence-electron chi connectivity index (χ1n) is 8.79. The van der Waals surface area contributed by atoms with E-state index in [9.17, 15) is 0 Å². The number of hydrogen-bond acceptors (Lipinski definition) is 2. The molecule has 0 saturated heterocycles. The minimum absolute atomic E-state index is 0. The molecule has 140 valence electrons. The first kappa shape index (κ1) is 20.8. The van der Waals surface area contributed by atoms with Crippen molar-refractivity contribution in [3.63, 3.8) is 0 Å². The van der Waals surface area contributed by atoms with E-state index >= 15 is 0 Å². The predicted octanol–water partition coefficient (Wildman–Crippen LogP) is 4.75. The number of halogens is 1. The van der Waals surface area contributed by atoms with Crippen LogP contribution in [-0.2, 0) is 6.42 Å². The normalized spacial score (nSPS) is 12.6. The van der Waals surface area contributed by atoms with Crippen molar-refractivity contribution in [1.82, 2.24) is 15.6 Å². The molecule has 26 heavy (non-hydrogen) atoms. The van der Waals surface area contributed by atoms with Gasteiger partial charge in [0.1, 0.15) is 0 Å². The van der Waals surface area contributed by atoms with E-state index in [4.69, 9.17) is 0 Å². The lowest BCUT2D eigenvalue weighted by Gasteiger charge is -2.15. The molecule has 1 atom stereocenters. The molecule has 3 aromatic rings. The maximum Gasteiger partial charge on any atom is 0.190 e. The van der Waals surface area contributed by atoms with Crippen LogP contribution in [0.2, 0.25) is 0 Å². The van der Waals surface area contributed by atoms with Crippen molar-refractivity contribution in [2.24, 2.45) is 4.99 Å². The molecule has 3 rings (SSSR count). The molecule has 4 nitrogen and oxygen atoms in total. The van der Waals surface area contributed by atoms with Crippen LogP contribution in [0.1, 0.15) is 30.4 Å². The van der Waals surface area contributed by atoms with Gasteiger partial charge in [-0.3, -0.25) is 4.99 Å². The minimum Gasteiger partial charge on any atom is -0.361 e.